The number of carbonyl (C=O) groups is 1. The van der Waals surface area contributed by atoms with Gasteiger partial charge in [0.1, 0.15) is 0 Å². The molecule has 1 amide bonds. The summed E-state index contributed by atoms with van der Waals surface area (Å²) in [6, 6.07) is 8.52. The van der Waals surface area contributed by atoms with Crippen molar-refractivity contribution in [2.24, 2.45) is 5.41 Å². The first kappa shape index (κ1) is 18.9. The summed E-state index contributed by atoms with van der Waals surface area (Å²) in [5.41, 5.74) is 2.02. The number of rotatable bonds is 9. The molecule has 24 heavy (non-hydrogen) atoms. The van der Waals surface area contributed by atoms with E-state index in [0.717, 1.165) is 38.2 Å². The minimum Gasteiger partial charge on any atom is -0.384 e. The smallest absolute Gasteiger partial charge is 0.230 e. The van der Waals surface area contributed by atoms with E-state index in [0.29, 0.717) is 19.7 Å². The molecule has 5 heteroatoms. The van der Waals surface area contributed by atoms with Crippen molar-refractivity contribution in [3.05, 3.63) is 35.4 Å². The van der Waals surface area contributed by atoms with Gasteiger partial charge in [-0.3, -0.25) is 9.69 Å². The van der Waals surface area contributed by atoms with Crippen molar-refractivity contribution in [3.8, 4) is 0 Å². The van der Waals surface area contributed by atoms with Crippen molar-refractivity contribution in [3.63, 3.8) is 0 Å². The van der Waals surface area contributed by atoms with Gasteiger partial charge in [0.05, 0.1) is 12.0 Å². The Balaban J connectivity index is 1.88. The maximum Gasteiger partial charge on any atom is 0.230 e. The second-order valence-electron chi connectivity index (χ2n) is 6.60. The Morgan fingerprint density at radius 2 is 1.92 bits per heavy atom. The third-order valence-corrected chi connectivity index (χ3v) is 4.92. The van der Waals surface area contributed by atoms with Crippen LogP contribution in [-0.4, -0.2) is 50.7 Å². The molecule has 1 heterocycles. The van der Waals surface area contributed by atoms with Crippen molar-refractivity contribution < 1.29 is 9.53 Å². The number of carbonyl (C=O) groups excluding carboxylic acids is 1. The van der Waals surface area contributed by atoms with Crippen LogP contribution in [0.15, 0.2) is 24.3 Å². The zero-order valence-electron chi connectivity index (χ0n) is 15.2. The highest BCUT2D eigenvalue weighted by atomic mass is 16.5. The summed E-state index contributed by atoms with van der Waals surface area (Å²) < 4.78 is 5.27. The summed E-state index contributed by atoms with van der Waals surface area (Å²) in [6.07, 6.45) is 0.829. The molecule has 1 atom stereocenters. The van der Waals surface area contributed by atoms with Crippen LogP contribution in [0.5, 0.6) is 0 Å². The molecule has 0 radical (unpaired) electrons. The zero-order chi connectivity index (χ0) is 17.4. The van der Waals surface area contributed by atoms with Gasteiger partial charge in [0.2, 0.25) is 5.91 Å². The molecule has 0 spiro atoms. The minimum atomic E-state index is -0.419. The molecular formula is C19H31N3O2. The van der Waals surface area contributed by atoms with E-state index < -0.39 is 5.41 Å². The highest BCUT2D eigenvalue weighted by molar-refractivity contribution is 5.83. The number of methoxy groups -OCH3 is 1. The van der Waals surface area contributed by atoms with Crippen molar-refractivity contribution in [2.45, 2.75) is 33.4 Å². The van der Waals surface area contributed by atoms with Crippen LogP contribution in [0.2, 0.25) is 0 Å². The average Bonchev–Trinajstić information content (AvgIpc) is 3.09. The summed E-state index contributed by atoms with van der Waals surface area (Å²) >= 11 is 0. The zero-order valence-corrected chi connectivity index (χ0v) is 15.2. The molecule has 134 valence electrons. The van der Waals surface area contributed by atoms with Crippen molar-refractivity contribution >= 4 is 5.91 Å². The minimum absolute atomic E-state index is 0.0848. The summed E-state index contributed by atoms with van der Waals surface area (Å²) in [4.78, 5) is 15.0. The number of hydrogen-bond acceptors (Lipinski definition) is 4. The lowest BCUT2D eigenvalue weighted by Crippen LogP contribution is -2.45. The summed E-state index contributed by atoms with van der Waals surface area (Å²) in [6.45, 7) is 10.1. The van der Waals surface area contributed by atoms with E-state index >= 15 is 0 Å². The summed E-state index contributed by atoms with van der Waals surface area (Å²) in [5, 5.41) is 6.35. The van der Waals surface area contributed by atoms with Gasteiger partial charge in [0.25, 0.3) is 0 Å². The molecule has 1 fully saturated rings. The Bertz CT molecular complexity index is 506. The van der Waals surface area contributed by atoms with E-state index in [4.69, 9.17) is 4.74 Å². The van der Waals surface area contributed by atoms with E-state index in [1.165, 1.54) is 5.56 Å². The predicted molar refractivity (Wildman–Crippen MR) is 96.7 cm³/mol. The molecule has 1 aliphatic heterocycles. The maximum absolute atomic E-state index is 12.6. The van der Waals surface area contributed by atoms with Crippen LogP contribution in [0, 0.1) is 5.41 Å². The molecule has 0 aliphatic carbocycles. The quantitative estimate of drug-likeness (QED) is 0.723. The van der Waals surface area contributed by atoms with E-state index in [1.807, 2.05) is 0 Å². The first-order valence-electron chi connectivity index (χ1n) is 8.91. The standard InChI is InChI=1S/C19H31N3O2/c1-4-22(5-2)13-17-8-6-16(7-9-17)12-21-18(23)19(15-24-3)10-11-20-14-19/h6-9,20H,4-5,10-15H2,1-3H3,(H,21,23). The normalized spacial score (nSPS) is 20.5. The topological polar surface area (TPSA) is 53.6 Å². The van der Waals surface area contributed by atoms with Gasteiger partial charge >= 0.3 is 0 Å². The van der Waals surface area contributed by atoms with Gasteiger partial charge < -0.3 is 15.4 Å². The van der Waals surface area contributed by atoms with Gasteiger partial charge in [-0.1, -0.05) is 38.1 Å². The van der Waals surface area contributed by atoms with E-state index in [-0.39, 0.29) is 5.91 Å². The SMILES string of the molecule is CCN(CC)Cc1ccc(CNC(=O)C2(COC)CCNC2)cc1. The Hall–Kier alpha value is -1.43. The van der Waals surface area contributed by atoms with Gasteiger partial charge in [-0.25, -0.2) is 0 Å². The maximum atomic E-state index is 12.6. The van der Waals surface area contributed by atoms with Crippen LogP contribution in [0.25, 0.3) is 0 Å². The molecule has 0 bridgehead atoms. The molecule has 2 N–H and O–H groups in total. The van der Waals surface area contributed by atoms with Crippen LogP contribution >= 0.6 is 0 Å². The monoisotopic (exact) mass is 333 g/mol. The number of amides is 1. The Morgan fingerprint density at radius 3 is 2.46 bits per heavy atom. The lowest BCUT2D eigenvalue weighted by atomic mass is 9.87. The lowest BCUT2D eigenvalue weighted by Gasteiger charge is -2.26. The Kier molecular flexibility index (Phi) is 7.21. The predicted octanol–water partition coefficient (Wildman–Crippen LogP) is 1.77. The third-order valence-electron chi connectivity index (χ3n) is 4.92. The molecule has 1 saturated heterocycles. The number of nitrogens with zero attached hydrogens (tertiary/aromatic N) is 1. The van der Waals surface area contributed by atoms with Crippen LogP contribution in [-0.2, 0) is 22.6 Å². The second-order valence-corrected chi connectivity index (χ2v) is 6.60. The summed E-state index contributed by atoms with van der Waals surface area (Å²) in [7, 11) is 1.65. The van der Waals surface area contributed by atoms with Gasteiger partial charge in [0.15, 0.2) is 0 Å². The molecule has 1 aromatic rings. The van der Waals surface area contributed by atoms with Gasteiger partial charge in [-0.05, 0) is 37.2 Å². The molecule has 5 nitrogen and oxygen atoms in total. The number of ether oxygens (including phenoxy) is 1. The fourth-order valence-corrected chi connectivity index (χ4v) is 3.24. The van der Waals surface area contributed by atoms with Crippen LogP contribution in [0.4, 0.5) is 0 Å². The van der Waals surface area contributed by atoms with E-state index in [2.05, 4.69) is 53.6 Å². The number of hydrogen-bond donors (Lipinski definition) is 2. The van der Waals surface area contributed by atoms with Gasteiger partial charge in [0, 0.05) is 26.7 Å². The van der Waals surface area contributed by atoms with Crippen molar-refractivity contribution in [2.75, 3.05) is 39.9 Å². The van der Waals surface area contributed by atoms with Crippen LogP contribution < -0.4 is 10.6 Å². The molecule has 0 saturated carbocycles. The van der Waals surface area contributed by atoms with Gasteiger partial charge in [-0.2, -0.15) is 0 Å². The first-order chi connectivity index (χ1) is 11.6. The molecule has 2 rings (SSSR count). The Morgan fingerprint density at radius 1 is 1.25 bits per heavy atom. The Labute approximate surface area is 145 Å². The number of nitrogens with one attached hydrogen (secondary N) is 2. The van der Waals surface area contributed by atoms with E-state index in [1.54, 1.807) is 7.11 Å². The highest BCUT2D eigenvalue weighted by Gasteiger charge is 2.41. The van der Waals surface area contributed by atoms with Gasteiger partial charge in [-0.15, -0.1) is 0 Å². The third kappa shape index (κ3) is 4.79. The van der Waals surface area contributed by atoms with Crippen molar-refractivity contribution in [1.82, 2.24) is 15.5 Å². The fourth-order valence-electron chi connectivity index (χ4n) is 3.24. The molecule has 1 unspecified atom stereocenters. The number of benzene rings is 1. The fraction of sp³-hybridized carbons (Fsp3) is 0.632. The van der Waals surface area contributed by atoms with E-state index in [9.17, 15) is 4.79 Å². The largest absolute Gasteiger partial charge is 0.384 e. The average molecular weight is 333 g/mol. The van der Waals surface area contributed by atoms with Crippen LogP contribution in [0.3, 0.4) is 0 Å². The molecule has 1 aromatic carbocycles. The van der Waals surface area contributed by atoms with Crippen molar-refractivity contribution in [1.29, 1.82) is 0 Å². The van der Waals surface area contributed by atoms with Crippen LogP contribution in [0.1, 0.15) is 31.4 Å². The second kappa shape index (κ2) is 9.16. The lowest BCUT2D eigenvalue weighted by molar-refractivity contribution is -0.133. The first-order valence-corrected chi connectivity index (χ1v) is 8.91. The molecular weight excluding hydrogens is 302 g/mol. The summed E-state index contributed by atoms with van der Waals surface area (Å²) in [5.74, 6) is 0.0848. The molecule has 0 aromatic heterocycles. The highest BCUT2D eigenvalue weighted by Crippen LogP contribution is 2.26. The molecule has 1 aliphatic rings.